The highest BCUT2D eigenvalue weighted by Gasteiger charge is 2.22. The molecule has 1 atom stereocenters. The van der Waals surface area contributed by atoms with Crippen LogP contribution in [0, 0.1) is 5.92 Å². The van der Waals surface area contributed by atoms with E-state index in [0.29, 0.717) is 5.92 Å². The van der Waals surface area contributed by atoms with E-state index in [4.69, 9.17) is 0 Å². The lowest BCUT2D eigenvalue weighted by atomic mass is 9.91. The summed E-state index contributed by atoms with van der Waals surface area (Å²) in [7, 11) is 0. The van der Waals surface area contributed by atoms with Crippen LogP contribution in [0.15, 0.2) is 0 Å². The molecule has 0 aromatic carbocycles. The van der Waals surface area contributed by atoms with Crippen molar-refractivity contribution in [2.75, 3.05) is 13.2 Å². The van der Waals surface area contributed by atoms with Crippen molar-refractivity contribution in [1.29, 1.82) is 0 Å². The Kier molecular flexibility index (Phi) is 5.51. The van der Waals surface area contributed by atoms with Crippen LogP contribution in [0.5, 0.6) is 0 Å². The molecule has 0 aliphatic carbocycles. The third-order valence-corrected chi connectivity index (χ3v) is 2.01. The number of hydrogen-bond acceptors (Lipinski definition) is 2. The van der Waals surface area contributed by atoms with Crippen molar-refractivity contribution >= 4 is 0 Å². The molecule has 0 spiro atoms. The van der Waals surface area contributed by atoms with Gasteiger partial charge >= 0.3 is 0 Å². The quantitative estimate of drug-likeness (QED) is 0.642. The van der Waals surface area contributed by atoms with Gasteiger partial charge in [0.15, 0.2) is 0 Å². The van der Waals surface area contributed by atoms with E-state index in [1.165, 1.54) is 0 Å². The highest BCUT2D eigenvalue weighted by molar-refractivity contribution is 4.82. The Bertz CT molecular complexity index is 114. The van der Waals surface area contributed by atoms with Crippen molar-refractivity contribution in [1.82, 2.24) is 5.32 Å². The van der Waals surface area contributed by atoms with Gasteiger partial charge in [0.1, 0.15) is 0 Å². The summed E-state index contributed by atoms with van der Waals surface area (Å²) in [4.78, 5) is 0. The summed E-state index contributed by atoms with van der Waals surface area (Å²) in [6.45, 7) is 9.81. The Morgan fingerprint density at radius 2 is 2.00 bits per heavy atom. The molecule has 12 heavy (non-hydrogen) atoms. The average molecular weight is 173 g/mol. The van der Waals surface area contributed by atoms with Crippen molar-refractivity contribution in [2.24, 2.45) is 5.92 Å². The highest BCUT2D eigenvalue weighted by atomic mass is 16.3. The first-order chi connectivity index (χ1) is 5.54. The van der Waals surface area contributed by atoms with Crippen LogP contribution in [0.3, 0.4) is 0 Å². The molecule has 0 aromatic heterocycles. The molecule has 0 amide bonds. The predicted octanol–water partition coefficient (Wildman–Crippen LogP) is 1.78. The van der Waals surface area contributed by atoms with Gasteiger partial charge in [-0.15, -0.1) is 0 Å². The summed E-state index contributed by atoms with van der Waals surface area (Å²) in [5.41, 5.74) is -0.0792. The first-order valence-corrected chi connectivity index (χ1v) is 4.90. The SMILES string of the molecule is CCCNC(C)(CO)CC(C)C. The van der Waals surface area contributed by atoms with Gasteiger partial charge in [-0.2, -0.15) is 0 Å². The Morgan fingerprint density at radius 1 is 1.42 bits per heavy atom. The zero-order valence-electron chi connectivity index (χ0n) is 8.85. The summed E-state index contributed by atoms with van der Waals surface area (Å²) < 4.78 is 0. The standard InChI is InChI=1S/C10H23NO/c1-5-6-11-10(4,8-12)7-9(2)3/h9,11-12H,5-8H2,1-4H3. The van der Waals surface area contributed by atoms with Crippen LogP contribution < -0.4 is 5.32 Å². The van der Waals surface area contributed by atoms with E-state index in [1.807, 2.05) is 0 Å². The summed E-state index contributed by atoms with van der Waals surface area (Å²) in [6, 6.07) is 0. The molecule has 0 radical (unpaired) electrons. The Labute approximate surface area is 76.4 Å². The first-order valence-electron chi connectivity index (χ1n) is 4.90. The number of aliphatic hydroxyl groups excluding tert-OH is 1. The van der Waals surface area contributed by atoms with Gasteiger partial charge in [-0.1, -0.05) is 20.8 Å². The zero-order chi connectivity index (χ0) is 9.61. The van der Waals surface area contributed by atoms with Crippen molar-refractivity contribution in [2.45, 2.75) is 46.1 Å². The van der Waals surface area contributed by atoms with E-state index in [0.717, 1.165) is 19.4 Å². The molecule has 0 bridgehead atoms. The molecule has 2 nitrogen and oxygen atoms in total. The van der Waals surface area contributed by atoms with Gasteiger partial charge in [0.2, 0.25) is 0 Å². The van der Waals surface area contributed by atoms with E-state index >= 15 is 0 Å². The van der Waals surface area contributed by atoms with Crippen LogP contribution in [0.25, 0.3) is 0 Å². The van der Waals surface area contributed by atoms with Gasteiger partial charge in [-0.25, -0.2) is 0 Å². The Morgan fingerprint density at radius 3 is 2.33 bits per heavy atom. The third-order valence-electron chi connectivity index (χ3n) is 2.01. The normalized spacial score (nSPS) is 16.5. The maximum absolute atomic E-state index is 9.20. The fourth-order valence-corrected chi connectivity index (χ4v) is 1.52. The molecule has 0 saturated heterocycles. The predicted molar refractivity (Wildman–Crippen MR) is 53.2 cm³/mol. The minimum Gasteiger partial charge on any atom is -0.394 e. The molecule has 74 valence electrons. The van der Waals surface area contributed by atoms with Crippen LogP contribution in [-0.2, 0) is 0 Å². The fraction of sp³-hybridized carbons (Fsp3) is 1.00. The highest BCUT2D eigenvalue weighted by Crippen LogP contribution is 2.15. The third kappa shape index (κ3) is 4.73. The number of aliphatic hydroxyl groups is 1. The second kappa shape index (κ2) is 5.55. The number of rotatable bonds is 6. The first kappa shape index (κ1) is 11.9. The molecule has 0 fully saturated rings. The number of hydrogen-bond donors (Lipinski definition) is 2. The summed E-state index contributed by atoms with van der Waals surface area (Å²) in [5.74, 6) is 0.631. The van der Waals surface area contributed by atoms with E-state index in [2.05, 4.69) is 33.0 Å². The zero-order valence-corrected chi connectivity index (χ0v) is 8.85. The van der Waals surface area contributed by atoms with Crippen LogP contribution in [0.4, 0.5) is 0 Å². The maximum atomic E-state index is 9.20. The Balaban J connectivity index is 3.86. The molecule has 0 saturated carbocycles. The van der Waals surface area contributed by atoms with Crippen LogP contribution in [-0.4, -0.2) is 23.8 Å². The molecule has 2 heteroatoms. The molecule has 2 N–H and O–H groups in total. The molecule has 0 aromatic rings. The molecule has 0 heterocycles. The summed E-state index contributed by atoms with van der Waals surface area (Å²) in [5, 5.41) is 12.6. The summed E-state index contributed by atoms with van der Waals surface area (Å²) in [6.07, 6.45) is 2.15. The van der Waals surface area contributed by atoms with Crippen molar-refractivity contribution in [3.8, 4) is 0 Å². The van der Waals surface area contributed by atoms with Crippen LogP contribution in [0.2, 0.25) is 0 Å². The smallest absolute Gasteiger partial charge is 0.0610 e. The van der Waals surface area contributed by atoms with Crippen LogP contribution in [0.1, 0.15) is 40.5 Å². The van der Waals surface area contributed by atoms with Gasteiger partial charge in [0, 0.05) is 5.54 Å². The van der Waals surface area contributed by atoms with Gasteiger partial charge in [-0.3, -0.25) is 0 Å². The topological polar surface area (TPSA) is 32.3 Å². The van der Waals surface area contributed by atoms with E-state index < -0.39 is 0 Å². The number of nitrogens with one attached hydrogen (secondary N) is 1. The largest absolute Gasteiger partial charge is 0.394 e. The molecular formula is C10H23NO. The molecule has 0 rings (SSSR count). The van der Waals surface area contributed by atoms with Gasteiger partial charge in [0.25, 0.3) is 0 Å². The van der Waals surface area contributed by atoms with Crippen LogP contribution >= 0.6 is 0 Å². The van der Waals surface area contributed by atoms with E-state index in [-0.39, 0.29) is 12.1 Å². The van der Waals surface area contributed by atoms with Crippen molar-refractivity contribution in [3.63, 3.8) is 0 Å². The summed E-state index contributed by atoms with van der Waals surface area (Å²) >= 11 is 0. The van der Waals surface area contributed by atoms with E-state index in [9.17, 15) is 5.11 Å². The lowest BCUT2D eigenvalue weighted by Crippen LogP contribution is -2.47. The van der Waals surface area contributed by atoms with Gasteiger partial charge < -0.3 is 10.4 Å². The molecule has 0 aliphatic heterocycles. The molecular weight excluding hydrogens is 150 g/mol. The van der Waals surface area contributed by atoms with Crippen molar-refractivity contribution in [3.05, 3.63) is 0 Å². The lowest BCUT2D eigenvalue weighted by Gasteiger charge is -2.30. The van der Waals surface area contributed by atoms with E-state index in [1.54, 1.807) is 0 Å². The lowest BCUT2D eigenvalue weighted by molar-refractivity contribution is 0.153. The monoisotopic (exact) mass is 173 g/mol. The minimum absolute atomic E-state index is 0.0792. The van der Waals surface area contributed by atoms with Gasteiger partial charge in [0.05, 0.1) is 6.61 Å². The maximum Gasteiger partial charge on any atom is 0.0610 e. The molecule has 0 aliphatic rings. The van der Waals surface area contributed by atoms with Crippen molar-refractivity contribution < 1.29 is 5.11 Å². The van der Waals surface area contributed by atoms with Gasteiger partial charge in [-0.05, 0) is 32.2 Å². The second-order valence-electron chi connectivity index (χ2n) is 4.24. The Hall–Kier alpha value is -0.0800. The minimum atomic E-state index is -0.0792. The average Bonchev–Trinajstić information content (AvgIpc) is 2.00. The molecule has 1 unspecified atom stereocenters. The fourth-order valence-electron chi connectivity index (χ4n) is 1.52. The second-order valence-corrected chi connectivity index (χ2v) is 4.24.